The molecule has 0 aliphatic rings. The molecule has 0 heterocycles. The molecule has 2 unspecified atom stereocenters. The van der Waals surface area contributed by atoms with Crippen molar-refractivity contribution in [2.75, 3.05) is 0 Å². The molecule has 4 nitrogen and oxygen atoms in total. The molecule has 0 radical (unpaired) electrons. The summed E-state index contributed by atoms with van der Waals surface area (Å²) in [6, 6.07) is 6.91. The number of halogens is 1. The van der Waals surface area contributed by atoms with Crippen molar-refractivity contribution in [3.63, 3.8) is 0 Å². The van der Waals surface area contributed by atoms with Gasteiger partial charge in [-0.05, 0) is 23.6 Å². The maximum atomic E-state index is 11.8. The van der Waals surface area contributed by atoms with E-state index in [0.717, 1.165) is 16.5 Å². The summed E-state index contributed by atoms with van der Waals surface area (Å²) in [5.41, 5.74) is 6.20. The SMILES string of the molecule is CCC(C)C(NC(=O)C=Cc1ccccc1Br)C(N)=O. The second-order valence-corrected chi connectivity index (χ2v) is 5.48. The van der Waals surface area contributed by atoms with Crippen LogP contribution in [0.15, 0.2) is 34.8 Å². The molecule has 5 heteroatoms. The summed E-state index contributed by atoms with van der Waals surface area (Å²) in [6.07, 6.45) is 3.86. The molecule has 1 rings (SSSR count). The van der Waals surface area contributed by atoms with E-state index in [-0.39, 0.29) is 11.8 Å². The van der Waals surface area contributed by atoms with Crippen LogP contribution < -0.4 is 11.1 Å². The molecule has 2 atom stereocenters. The van der Waals surface area contributed by atoms with Crippen LogP contribution in [-0.4, -0.2) is 17.9 Å². The van der Waals surface area contributed by atoms with Crippen LogP contribution in [-0.2, 0) is 9.59 Å². The van der Waals surface area contributed by atoms with Crippen molar-refractivity contribution < 1.29 is 9.59 Å². The Morgan fingerprint density at radius 1 is 1.40 bits per heavy atom. The number of carbonyl (C=O) groups is 2. The molecule has 2 amide bonds. The number of rotatable bonds is 6. The predicted octanol–water partition coefficient (Wildman–Crippen LogP) is 2.48. The van der Waals surface area contributed by atoms with Crippen molar-refractivity contribution in [2.45, 2.75) is 26.3 Å². The van der Waals surface area contributed by atoms with Crippen LogP contribution in [0.4, 0.5) is 0 Å². The van der Waals surface area contributed by atoms with Crippen molar-refractivity contribution >= 4 is 33.8 Å². The Bertz CT molecular complexity index is 514. The quantitative estimate of drug-likeness (QED) is 0.782. The first-order valence-electron chi connectivity index (χ1n) is 6.48. The van der Waals surface area contributed by atoms with Gasteiger partial charge in [0.1, 0.15) is 6.04 Å². The Balaban J connectivity index is 2.71. The average Bonchev–Trinajstić information content (AvgIpc) is 2.42. The smallest absolute Gasteiger partial charge is 0.244 e. The molecule has 0 spiro atoms. The molecule has 0 aliphatic carbocycles. The monoisotopic (exact) mass is 338 g/mol. The number of hydrogen-bond acceptors (Lipinski definition) is 2. The maximum absolute atomic E-state index is 11.8. The molecule has 0 bridgehead atoms. The molecule has 1 aromatic rings. The number of benzene rings is 1. The van der Waals surface area contributed by atoms with Crippen molar-refractivity contribution in [2.24, 2.45) is 11.7 Å². The zero-order chi connectivity index (χ0) is 15.1. The highest BCUT2D eigenvalue weighted by molar-refractivity contribution is 9.10. The summed E-state index contributed by atoms with van der Waals surface area (Å²) in [7, 11) is 0. The van der Waals surface area contributed by atoms with E-state index in [4.69, 9.17) is 5.73 Å². The Labute approximate surface area is 127 Å². The summed E-state index contributed by atoms with van der Waals surface area (Å²) in [5.74, 6) is -0.833. The number of hydrogen-bond donors (Lipinski definition) is 2. The minimum atomic E-state index is -0.642. The fraction of sp³-hybridized carbons (Fsp3) is 0.333. The van der Waals surface area contributed by atoms with Gasteiger partial charge in [-0.3, -0.25) is 9.59 Å². The molecule has 0 saturated carbocycles. The lowest BCUT2D eigenvalue weighted by Crippen LogP contribution is -2.47. The van der Waals surface area contributed by atoms with Crippen LogP contribution in [0.3, 0.4) is 0 Å². The summed E-state index contributed by atoms with van der Waals surface area (Å²) < 4.78 is 0.900. The molecule has 108 valence electrons. The fourth-order valence-electron chi connectivity index (χ4n) is 1.71. The Morgan fingerprint density at radius 3 is 2.60 bits per heavy atom. The van der Waals surface area contributed by atoms with Gasteiger partial charge in [0.05, 0.1) is 0 Å². The highest BCUT2D eigenvalue weighted by Crippen LogP contribution is 2.17. The predicted molar refractivity (Wildman–Crippen MR) is 83.8 cm³/mol. The van der Waals surface area contributed by atoms with Crippen LogP contribution in [0.1, 0.15) is 25.8 Å². The fourth-order valence-corrected chi connectivity index (χ4v) is 2.12. The molecular weight excluding hydrogens is 320 g/mol. The first-order chi connectivity index (χ1) is 9.45. The highest BCUT2D eigenvalue weighted by Gasteiger charge is 2.22. The van der Waals surface area contributed by atoms with Crippen LogP contribution >= 0.6 is 15.9 Å². The number of nitrogens with two attached hydrogens (primary N) is 1. The van der Waals surface area contributed by atoms with Gasteiger partial charge in [0.25, 0.3) is 0 Å². The van der Waals surface area contributed by atoms with Crippen LogP contribution in [0.2, 0.25) is 0 Å². The summed E-state index contributed by atoms with van der Waals surface area (Å²) >= 11 is 3.40. The lowest BCUT2D eigenvalue weighted by Gasteiger charge is -2.20. The molecule has 1 aromatic carbocycles. The third-order valence-electron chi connectivity index (χ3n) is 3.14. The van der Waals surface area contributed by atoms with Crippen molar-refractivity contribution in [3.8, 4) is 0 Å². The van der Waals surface area contributed by atoms with Crippen molar-refractivity contribution in [1.29, 1.82) is 0 Å². The van der Waals surface area contributed by atoms with Crippen molar-refractivity contribution in [1.82, 2.24) is 5.32 Å². The molecule has 3 N–H and O–H groups in total. The molecule has 0 saturated heterocycles. The van der Waals surface area contributed by atoms with E-state index in [1.54, 1.807) is 6.08 Å². The van der Waals surface area contributed by atoms with Crippen molar-refractivity contribution in [3.05, 3.63) is 40.4 Å². The van der Waals surface area contributed by atoms with Gasteiger partial charge in [-0.2, -0.15) is 0 Å². The first kappa shape index (κ1) is 16.4. The maximum Gasteiger partial charge on any atom is 0.244 e. The van der Waals surface area contributed by atoms with Gasteiger partial charge < -0.3 is 11.1 Å². The second-order valence-electron chi connectivity index (χ2n) is 4.63. The van der Waals surface area contributed by atoms with Crippen LogP contribution in [0.5, 0.6) is 0 Å². The first-order valence-corrected chi connectivity index (χ1v) is 7.27. The van der Waals surface area contributed by atoms with Gasteiger partial charge in [0, 0.05) is 10.5 Å². The van der Waals surface area contributed by atoms with Gasteiger partial charge in [-0.15, -0.1) is 0 Å². The van der Waals surface area contributed by atoms with Gasteiger partial charge in [-0.25, -0.2) is 0 Å². The average molecular weight is 339 g/mol. The standard InChI is InChI=1S/C15H19BrN2O2/c1-3-10(2)14(15(17)20)18-13(19)9-8-11-6-4-5-7-12(11)16/h4-10,14H,3H2,1-2H3,(H2,17,20)(H,18,19). The third kappa shape index (κ3) is 4.81. The minimum absolute atomic E-state index is 0.00770. The van der Waals surface area contributed by atoms with Gasteiger partial charge in [0.2, 0.25) is 11.8 Å². The van der Waals surface area contributed by atoms with E-state index in [0.29, 0.717) is 0 Å². The lowest BCUT2D eigenvalue weighted by atomic mass is 9.98. The molecular formula is C15H19BrN2O2. The van der Waals surface area contributed by atoms with Crippen LogP contribution in [0, 0.1) is 5.92 Å². The molecule has 0 fully saturated rings. The van der Waals surface area contributed by atoms with Gasteiger partial charge in [0.15, 0.2) is 0 Å². The molecule has 0 aromatic heterocycles. The highest BCUT2D eigenvalue weighted by atomic mass is 79.9. The van der Waals surface area contributed by atoms with Gasteiger partial charge in [-0.1, -0.05) is 54.4 Å². The minimum Gasteiger partial charge on any atom is -0.368 e. The summed E-state index contributed by atoms with van der Waals surface area (Å²) in [6.45, 7) is 3.83. The van der Waals surface area contributed by atoms with E-state index in [1.807, 2.05) is 38.1 Å². The Kier molecular flexibility index (Phi) is 6.45. The van der Waals surface area contributed by atoms with E-state index < -0.39 is 11.9 Å². The van der Waals surface area contributed by atoms with Gasteiger partial charge >= 0.3 is 0 Å². The van der Waals surface area contributed by atoms with E-state index in [1.165, 1.54) is 6.08 Å². The summed E-state index contributed by atoms with van der Waals surface area (Å²) in [5, 5.41) is 2.64. The topological polar surface area (TPSA) is 72.2 Å². The summed E-state index contributed by atoms with van der Waals surface area (Å²) in [4.78, 5) is 23.2. The van der Waals surface area contributed by atoms with E-state index >= 15 is 0 Å². The third-order valence-corrected chi connectivity index (χ3v) is 3.86. The zero-order valence-electron chi connectivity index (χ0n) is 11.6. The Morgan fingerprint density at radius 2 is 2.05 bits per heavy atom. The number of nitrogens with one attached hydrogen (secondary N) is 1. The zero-order valence-corrected chi connectivity index (χ0v) is 13.2. The number of primary amides is 1. The van der Waals surface area contributed by atoms with E-state index in [2.05, 4.69) is 21.2 Å². The Hall–Kier alpha value is -1.62. The van der Waals surface area contributed by atoms with Crippen LogP contribution in [0.25, 0.3) is 6.08 Å². The largest absolute Gasteiger partial charge is 0.368 e. The number of carbonyl (C=O) groups excluding carboxylic acids is 2. The second kappa shape index (κ2) is 7.85. The lowest BCUT2D eigenvalue weighted by molar-refractivity contribution is -0.126. The molecule has 20 heavy (non-hydrogen) atoms. The number of amides is 2. The molecule has 0 aliphatic heterocycles. The normalized spacial score (nSPS) is 13.9. The van der Waals surface area contributed by atoms with E-state index in [9.17, 15) is 9.59 Å².